The van der Waals surface area contributed by atoms with E-state index < -0.39 is 0 Å². The third kappa shape index (κ3) is 2.82. The summed E-state index contributed by atoms with van der Waals surface area (Å²) in [6, 6.07) is 14.8. The first-order valence-electron chi connectivity index (χ1n) is 7.01. The molecule has 2 aromatic rings. The van der Waals surface area contributed by atoms with Gasteiger partial charge in [0.25, 0.3) is 0 Å². The lowest BCUT2D eigenvalue weighted by molar-refractivity contribution is 0.299. The molecule has 2 nitrogen and oxygen atoms in total. The Morgan fingerprint density at radius 1 is 1.15 bits per heavy atom. The Labute approximate surface area is 124 Å². The van der Waals surface area contributed by atoms with E-state index in [1.807, 2.05) is 6.07 Å². The molecule has 0 saturated carbocycles. The highest BCUT2D eigenvalue weighted by atomic mass is 35.5. The Balaban J connectivity index is 1.73. The lowest BCUT2D eigenvalue weighted by atomic mass is 10.1. The van der Waals surface area contributed by atoms with Crippen LogP contribution in [0, 0.1) is 0 Å². The van der Waals surface area contributed by atoms with Crippen LogP contribution in [-0.4, -0.2) is 11.7 Å². The van der Waals surface area contributed by atoms with Gasteiger partial charge in [-0.1, -0.05) is 29.8 Å². The minimum atomic E-state index is 0.198. The Morgan fingerprint density at radius 2 is 1.95 bits per heavy atom. The van der Waals surface area contributed by atoms with E-state index >= 15 is 0 Å². The highest BCUT2D eigenvalue weighted by molar-refractivity contribution is 6.30. The highest BCUT2D eigenvalue weighted by Crippen LogP contribution is 2.35. The van der Waals surface area contributed by atoms with Gasteiger partial charge >= 0.3 is 0 Å². The fraction of sp³-hybridized carbons (Fsp3) is 0.294. The number of aliphatic hydroxyl groups excluding tert-OH is 1. The monoisotopic (exact) mass is 287 g/mol. The molecule has 0 saturated heterocycles. The van der Waals surface area contributed by atoms with Crippen LogP contribution in [0.2, 0.25) is 5.02 Å². The molecule has 0 bridgehead atoms. The maximum absolute atomic E-state index is 8.92. The molecule has 1 unspecified atom stereocenters. The molecule has 3 rings (SSSR count). The number of aliphatic hydroxyl groups is 1. The molecule has 0 spiro atoms. The van der Waals surface area contributed by atoms with E-state index in [0.717, 1.165) is 29.1 Å². The molecule has 1 aliphatic rings. The van der Waals surface area contributed by atoms with Gasteiger partial charge in [0, 0.05) is 17.3 Å². The molecule has 0 heterocycles. The number of halogens is 1. The van der Waals surface area contributed by atoms with Crippen molar-refractivity contribution < 1.29 is 5.11 Å². The van der Waals surface area contributed by atoms with Gasteiger partial charge < -0.3 is 10.4 Å². The molecule has 0 amide bonds. The molecule has 20 heavy (non-hydrogen) atoms. The molecular formula is C17H18ClNO. The second-order valence-electron chi connectivity index (χ2n) is 5.25. The first-order valence-corrected chi connectivity index (χ1v) is 7.39. The van der Waals surface area contributed by atoms with Gasteiger partial charge in [-0.25, -0.2) is 0 Å². The molecule has 1 aliphatic carbocycles. The summed E-state index contributed by atoms with van der Waals surface area (Å²) in [6.45, 7) is 0.198. The van der Waals surface area contributed by atoms with Crippen LogP contribution in [0.1, 0.15) is 29.2 Å². The molecular weight excluding hydrogens is 270 g/mol. The minimum Gasteiger partial charge on any atom is -0.396 e. The van der Waals surface area contributed by atoms with Crippen molar-refractivity contribution in [1.82, 2.24) is 0 Å². The third-order valence-corrected chi connectivity index (χ3v) is 4.11. The molecule has 0 aromatic heterocycles. The van der Waals surface area contributed by atoms with E-state index in [1.54, 1.807) is 0 Å². The van der Waals surface area contributed by atoms with Crippen molar-refractivity contribution in [3.63, 3.8) is 0 Å². The van der Waals surface area contributed by atoms with E-state index in [2.05, 4.69) is 41.7 Å². The van der Waals surface area contributed by atoms with Crippen LogP contribution >= 0.6 is 11.6 Å². The lowest BCUT2D eigenvalue weighted by Gasteiger charge is -2.16. The topological polar surface area (TPSA) is 32.3 Å². The number of anilines is 1. The van der Waals surface area contributed by atoms with E-state index in [0.29, 0.717) is 12.5 Å². The number of nitrogens with one attached hydrogen (secondary N) is 1. The smallest absolute Gasteiger partial charge is 0.0519 e. The lowest BCUT2D eigenvalue weighted by Crippen LogP contribution is -2.07. The van der Waals surface area contributed by atoms with Gasteiger partial charge in [0.05, 0.1) is 6.04 Å². The summed E-state index contributed by atoms with van der Waals surface area (Å²) in [5.41, 5.74) is 5.00. The predicted molar refractivity (Wildman–Crippen MR) is 83.4 cm³/mol. The number of rotatable bonds is 4. The van der Waals surface area contributed by atoms with Crippen molar-refractivity contribution in [3.8, 4) is 0 Å². The zero-order chi connectivity index (χ0) is 13.9. The zero-order valence-electron chi connectivity index (χ0n) is 11.3. The van der Waals surface area contributed by atoms with Crippen molar-refractivity contribution in [2.75, 3.05) is 11.9 Å². The number of fused-ring (bicyclic) bond motifs is 1. The fourth-order valence-corrected chi connectivity index (χ4v) is 3.03. The summed E-state index contributed by atoms with van der Waals surface area (Å²) in [5, 5.41) is 13.3. The van der Waals surface area contributed by atoms with Gasteiger partial charge in [-0.05, 0) is 60.2 Å². The van der Waals surface area contributed by atoms with Crippen molar-refractivity contribution in [2.24, 2.45) is 0 Å². The second kappa shape index (κ2) is 5.86. The van der Waals surface area contributed by atoms with Crippen molar-refractivity contribution >= 4 is 17.3 Å². The average Bonchev–Trinajstić information content (AvgIpc) is 2.83. The SMILES string of the molecule is OCCc1ccc(NC2CCc3cc(Cl)ccc32)cc1. The van der Waals surface area contributed by atoms with E-state index in [4.69, 9.17) is 16.7 Å². The predicted octanol–water partition coefficient (Wildman–Crippen LogP) is 3.97. The van der Waals surface area contributed by atoms with E-state index in [-0.39, 0.29) is 6.61 Å². The maximum Gasteiger partial charge on any atom is 0.0519 e. The molecule has 2 N–H and O–H groups in total. The molecule has 3 heteroatoms. The van der Waals surface area contributed by atoms with Crippen LogP contribution in [0.15, 0.2) is 42.5 Å². The summed E-state index contributed by atoms with van der Waals surface area (Å²) in [6.07, 6.45) is 2.90. The number of aryl methyl sites for hydroxylation is 1. The number of benzene rings is 2. The Morgan fingerprint density at radius 3 is 2.70 bits per heavy atom. The largest absolute Gasteiger partial charge is 0.396 e. The first-order chi connectivity index (χ1) is 9.76. The normalized spacial score (nSPS) is 17.0. The van der Waals surface area contributed by atoms with Crippen LogP contribution in [-0.2, 0) is 12.8 Å². The van der Waals surface area contributed by atoms with Crippen LogP contribution in [0.25, 0.3) is 0 Å². The minimum absolute atomic E-state index is 0.198. The summed E-state index contributed by atoms with van der Waals surface area (Å²) in [5.74, 6) is 0. The standard InChI is InChI=1S/C17H18ClNO/c18-14-4-7-16-13(11-14)3-8-17(16)19-15-5-1-12(2-6-15)9-10-20/h1-2,4-7,11,17,19-20H,3,8-10H2. The van der Waals surface area contributed by atoms with Crippen molar-refractivity contribution in [3.05, 3.63) is 64.2 Å². The fourth-order valence-electron chi connectivity index (χ4n) is 2.83. The maximum atomic E-state index is 8.92. The van der Waals surface area contributed by atoms with Crippen molar-refractivity contribution in [2.45, 2.75) is 25.3 Å². The summed E-state index contributed by atoms with van der Waals surface area (Å²) < 4.78 is 0. The third-order valence-electron chi connectivity index (χ3n) is 3.88. The van der Waals surface area contributed by atoms with Gasteiger partial charge in [0.15, 0.2) is 0 Å². The molecule has 1 atom stereocenters. The van der Waals surface area contributed by atoms with Crippen LogP contribution < -0.4 is 5.32 Å². The summed E-state index contributed by atoms with van der Waals surface area (Å²) in [4.78, 5) is 0. The number of hydrogen-bond donors (Lipinski definition) is 2. The van der Waals surface area contributed by atoms with Gasteiger partial charge in [-0.2, -0.15) is 0 Å². The molecule has 0 aliphatic heterocycles. The molecule has 0 radical (unpaired) electrons. The zero-order valence-corrected chi connectivity index (χ0v) is 12.0. The van der Waals surface area contributed by atoms with Crippen LogP contribution in [0.3, 0.4) is 0 Å². The van der Waals surface area contributed by atoms with E-state index in [9.17, 15) is 0 Å². The Hall–Kier alpha value is -1.51. The Bertz CT molecular complexity index is 594. The molecule has 0 fully saturated rings. The molecule has 104 valence electrons. The number of hydrogen-bond acceptors (Lipinski definition) is 2. The molecule has 2 aromatic carbocycles. The quantitative estimate of drug-likeness (QED) is 0.892. The Kier molecular flexibility index (Phi) is 3.95. The first kappa shape index (κ1) is 13.5. The highest BCUT2D eigenvalue weighted by Gasteiger charge is 2.22. The van der Waals surface area contributed by atoms with Crippen LogP contribution in [0.5, 0.6) is 0 Å². The second-order valence-corrected chi connectivity index (χ2v) is 5.69. The summed E-state index contributed by atoms with van der Waals surface area (Å²) in [7, 11) is 0. The van der Waals surface area contributed by atoms with Gasteiger partial charge in [-0.15, -0.1) is 0 Å². The van der Waals surface area contributed by atoms with Crippen LogP contribution in [0.4, 0.5) is 5.69 Å². The average molecular weight is 288 g/mol. The summed E-state index contributed by atoms with van der Waals surface area (Å²) >= 11 is 6.04. The van der Waals surface area contributed by atoms with E-state index in [1.165, 1.54) is 11.1 Å². The van der Waals surface area contributed by atoms with Crippen molar-refractivity contribution in [1.29, 1.82) is 0 Å². The van der Waals surface area contributed by atoms with Gasteiger partial charge in [0.1, 0.15) is 0 Å². The van der Waals surface area contributed by atoms with Gasteiger partial charge in [0.2, 0.25) is 0 Å². The van der Waals surface area contributed by atoms with Gasteiger partial charge in [-0.3, -0.25) is 0 Å².